The summed E-state index contributed by atoms with van der Waals surface area (Å²) < 4.78 is 13.7. The molecular weight excluding hydrogens is 466 g/mol. The lowest BCUT2D eigenvalue weighted by Crippen LogP contribution is -2.19. The third kappa shape index (κ3) is 4.99. The van der Waals surface area contributed by atoms with Gasteiger partial charge >= 0.3 is 0 Å². The van der Waals surface area contributed by atoms with Crippen LogP contribution in [0.25, 0.3) is 0 Å². The number of hydrogen-bond acceptors (Lipinski definition) is 5. The number of halogens is 1. The molecule has 0 aliphatic heterocycles. The monoisotopic (exact) mass is 487 g/mol. The minimum atomic E-state index is -0.233. The summed E-state index contributed by atoms with van der Waals surface area (Å²) in [5.41, 5.74) is 4.51. The zero-order valence-electron chi connectivity index (χ0n) is 16.6. The van der Waals surface area contributed by atoms with Gasteiger partial charge in [0.2, 0.25) is 5.91 Å². The van der Waals surface area contributed by atoms with Crippen molar-refractivity contribution < 1.29 is 13.9 Å². The van der Waals surface area contributed by atoms with Crippen molar-refractivity contribution in [2.75, 3.05) is 5.32 Å². The Morgan fingerprint density at radius 1 is 1.23 bits per heavy atom. The van der Waals surface area contributed by atoms with Gasteiger partial charge in [0, 0.05) is 10.2 Å². The third-order valence-corrected chi connectivity index (χ3v) is 6.25. The number of anilines is 1. The smallest absolute Gasteiger partial charge is 0.287 e. The topological polar surface area (TPSA) is 69.3 Å². The molecule has 1 heterocycles. The second kappa shape index (κ2) is 9.14. The number of nitrogens with zero attached hydrogens (tertiary/aromatic N) is 2. The first-order valence-corrected chi connectivity index (χ1v) is 11.1. The second-order valence-electron chi connectivity index (χ2n) is 7.36. The van der Waals surface area contributed by atoms with Crippen LogP contribution in [-0.2, 0) is 30.8 Å². The maximum Gasteiger partial charge on any atom is 0.287 e. The number of amides is 1. The SMILES string of the molecule is Cc1cc(NC(=O)Cn2nc(COc3ccc4c(c3)CCCC4)oc2=S)ccc1Br. The van der Waals surface area contributed by atoms with Crippen LogP contribution in [0, 0.1) is 11.8 Å². The van der Waals surface area contributed by atoms with Crippen molar-refractivity contribution in [2.45, 2.75) is 45.8 Å². The van der Waals surface area contributed by atoms with Crippen LogP contribution in [0.2, 0.25) is 0 Å². The van der Waals surface area contributed by atoms with Crippen LogP contribution in [0.1, 0.15) is 35.4 Å². The molecule has 30 heavy (non-hydrogen) atoms. The molecule has 8 heteroatoms. The molecule has 0 fully saturated rings. The number of nitrogens with one attached hydrogen (secondary N) is 1. The Bertz CT molecular complexity index is 1140. The Morgan fingerprint density at radius 2 is 2.03 bits per heavy atom. The van der Waals surface area contributed by atoms with E-state index in [1.807, 2.05) is 31.2 Å². The standard InChI is InChI=1S/C22H22BrN3O3S/c1-14-10-17(7-9-19(14)23)24-20(27)12-26-22(30)29-21(25-26)13-28-18-8-6-15-4-2-3-5-16(15)11-18/h6-11H,2-5,12-13H2,1H3,(H,24,27). The van der Waals surface area contributed by atoms with Crippen LogP contribution < -0.4 is 10.1 Å². The van der Waals surface area contributed by atoms with Gasteiger partial charge in [-0.25, -0.2) is 4.68 Å². The molecule has 0 saturated carbocycles. The lowest BCUT2D eigenvalue weighted by atomic mass is 9.92. The summed E-state index contributed by atoms with van der Waals surface area (Å²) in [5, 5.41) is 7.12. The molecule has 3 aromatic rings. The fraction of sp³-hybridized carbons (Fsp3) is 0.318. The molecule has 4 rings (SSSR count). The van der Waals surface area contributed by atoms with E-state index in [0.29, 0.717) is 11.6 Å². The molecule has 2 aromatic carbocycles. The molecular formula is C22H22BrN3O3S. The molecule has 1 aliphatic rings. The van der Waals surface area contributed by atoms with Gasteiger partial charge in [-0.2, -0.15) is 0 Å². The van der Waals surface area contributed by atoms with Gasteiger partial charge in [0.05, 0.1) is 0 Å². The van der Waals surface area contributed by atoms with E-state index in [0.717, 1.165) is 28.6 Å². The van der Waals surface area contributed by atoms with Gasteiger partial charge in [0.15, 0.2) is 6.61 Å². The van der Waals surface area contributed by atoms with E-state index in [1.54, 1.807) is 0 Å². The maximum absolute atomic E-state index is 12.4. The van der Waals surface area contributed by atoms with Crippen LogP contribution in [0.4, 0.5) is 5.69 Å². The molecule has 1 aromatic heterocycles. The lowest BCUT2D eigenvalue weighted by molar-refractivity contribution is -0.117. The Morgan fingerprint density at radius 3 is 2.83 bits per heavy atom. The van der Waals surface area contributed by atoms with Crippen molar-refractivity contribution in [3.63, 3.8) is 0 Å². The first-order valence-electron chi connectivity index (χ1n) is 9.85. The summed E-state index contributed by atoms with van der Waals surface area (Å²) in [7, 11) is 0. The van der Waals surface area contributed by atoms with Crippen LogP contribution in [0.3, 0.4) is 0 Å². The van der Waals surface area contributed by atoms with E-state index in [4.69, 9.17) is 21.4 Å². The van der Waals surface area contributed by atoms with Crippen LogP contribution in [0.5, 0.6) is 5.75 Å². The average Bonchev–Trinajstić information content (AvgIpc) is 3.08. The summed E-state index contributed by atoms with van der Waals surface area (Å²) in [6.45, 7) is 2.08. The predicted molar refractivity (Wildman–Crippen MR) is 120 cm³/mol. The molecule has 1 N–H and O–H groups in total. The average molecular weight is 488 g/mol. The molecule has 1 amide bonds. The summed E-state index contributed by atoms with van der Waals surface area (Å²) >= 11 is 8.64. The maximum atomic E-state index is 12.4. The number of rotatable bonds is 6. The number of carbonyl (C=O) groups is 1. The zero-order valence-corrected chi connectivity index (χ0v) is 19.0. The number of aryl methyl sites for hydroxylation is 3. The third-order valence-electron chi connectivity index (χ3n) is 5.07. The Labute approximate surface area is 188 Å². The number of fused-ring (bicyclic) bond motifs is 1. The minimum Gasteiger partial charge on any atom is -0.484 e. The van der Waals surface area contributed by atoms with Crippen LogP contribution in [-0.4, -0.2) is 15.7 Å². The zero-order chi connectivity index (χ0) is 21.1. The largest absolute Gasteiger partial charge is 0.484 e. The molecule has 0 saturated heterocycles. The minimum absolute atomic E-state index is 0.0315. The number of benzene rings is 2. The normalized spacial score (nSPS) is 13.0. The van der Waals surface area contributed by atoms with Gasteiger partial charge in [0.1, 0.15) is 12.3 Å². The van der Waals surface area contributed by atoms with E-state index in [1.165, 1.54) is 28.7 Å². The Kier molecular flexibility index (Phi) is 6.34. The van der Waals surface area contributed by atoms with Gasteiger partial charge in [0.25, 0.3) is 10.7 Å². The van der Waals surface area contributed by atoms with Gasteiger partial charge in [-0.1, -0.05) is 22.0 Å². The van der Waals surface area contributed by atoms with Crippen molar-refractivity contribution in [2.24, 2.45) is 0 Å². The number of hydrogen-bond donors (Lipinski definition) is 1. The quantitative estimate of drug-likeness (QED) is 0.473. The molecule has 0 atom stereocenters. The number of aromatic nitrogens is 2. The highest BCUT2D eigenvalue weighted by atomic mass is 79.9. The van der Waals surface area contributed by atoms with Crippen molar-refractivity contribution in [1.82, 2.24) is 9.78 Å². The fourth-order valence-electron chi connectivity index (χ4n) is 3.51. The van der Waals surface area contributed by atoms with E-state index < -0.39 is 0 Å². The molecule has 6 nitrogen and oxygen atoms in total. The van der Waals surface area contributed by atoms with Crippen LogP contribution in [0.15, 0.2) is 45.3 Å². The van der Waals surface area contributed by atoms with E-state index >= 15 is 0 Å². The molecule has 0 unspecified atom stereocenters. The molecule has 0 spiro atoms. The van der Waals surface area contributed by atoms with Crippen LogP contribution >= 0.6 is 28.1 Å². The van der Waals surface area contributed by atoms with E-state index in [9.17, 15) is 4.79 Å². The molecule has 0 radical (unpaired) electrons. The number of ether oxygens (including phenoxy) is 1. The highest BCUT2D eigenvalue weighted by molar-refractivity contribution is 9.10. The highest BCUT2D eigenvalue weighted by Crippen LogP contribution is 2.26. The Balaban J connectivity index is 1.36. The van der Waals surface area contributed by atoms with Crippen molar-refractivity contribution in [3.05, 3.63) is 68.3 Å². The highest BCUT2D eigenvalue weighted by Gasteiger charge is 2.13. The van der Waals surface area contributed by atoms with E-state index in [-0.39, 0.29) is 23.9 Å². The second-order valence-corrected chi connectivity index (χ2v) is 8.56. The molecule has 0 bridgehead atoms. The fourth-order valence-corrected chi connectivity index (χ4v) is 3.96. The summed E-state index contributed by atoms with van der Waals surface area (Å²) in [6.07, 6.45) is 4.70. The van der Waals surface area contributed by atoms with Crippen molar-refractivity contribution >= 4 is 39.7 Å². The first-order chi connectivity index (χ1) is 14.5. The van der Waals surface area contributed by atoms with Gasteiger partial charge < -0.3 is 14.5 Å². The first kappa shape index (κ1) is 20.8. The van der Waals surface area contributed by atoms with Gasteiger partial charge in [-0.05, 0) is 91.8 Å². The predicted octanol–water partition coefficient (Wildman–Crippen LogP) is 5.37. The molecule has 156 valence electrons. The summed E-state index contributed by atoms with van der Waals surface area (Å²) in [5.74, 6) is 0.892. The van der Waals surface area contributed by atoms with Gasteiger partial charge in [-0.3, -0.25) is 4.79 Å². The summed E-state index contributed by atoms with van der Waals surface area (Å²) in [4.78, 5) is 12.5. The molecule has 1 aliphatic carbocycles. The lowest BCUT2D eigenvalue weighted by Gasteiger charge is -2.16. The summed E-state index contributed by atoms with van der Waals surface area (Å²) in [6, 6.07) is 11.8. The van der Waals surface area contributed by atoms with Crippen molar-refractivity contribution in [1.29, 1.82) is 0 Å². The number of carbonyl (C=O) groups excluding carboxylic acids is 1. The van der Waals surface area contributed by atoms with Crippen molar-refractivity contribution in [3.8, 4) is 5.75 Å². The van der Waals surface area contributed by atoms with Gasteiger partial charge in [-0.15, -0.1) is 5.10 Å². The van der Waals surface area contributed by atoms with E-state index in [2.05, 4.69) is 38.5 Å². The Hall–Kier alpha value is -2.45.